The fraction of sp³-hybridized carbons (Fsp3) is 0.458. The van der Waals surface area contributed by atoms with Gasteiger partial charge in [-0.1, -0.05) is 26.0 Å². The van der Waals surface area contributed by atoms with Crippen molar-refractivity contribution in [2.24, 2.45) is 0 Å². The van der Waals surface area contributed by atoms with Gasteiger partial charge in [-0.15, -0.1) is 0 Å². The highest BCUT2D eigenvalue weighted by Crippen LogP contribution is 2.37. The lowest BCUT2D eigenvalue weighted by atomic mass is 10.0. The van der Waals surface area contributed by atoms with Crippen LogP contribution in [-0.2, 0) is 21.2 Å². The molecule has 2 heterocycles. The normalized spacial score (nSPS) is 18.5. The van der Waals surface area contributed by atoms with E-state index in [-0.39, 0.29) is 36.9 Å². The van der Waals surface area contributed by atoms with Crippen molar-refractivity contribution in [3.8, 4) is 28.4 Å². The molecule has 0 spiro atoms. The average molecular weight is 475 g/mol. The van der Waals surface area contributed by atoms with E-state index >= 15 is 0 Å². The molecule has 1 N–H and O–H groups in total. The number of nitrogens with zero attached hydrogens (tertiary/aromatic N) is 1. The monoisotopic (exact) mass is 474 g/mol. The largest absolute Gasteiger partial charge is 0.483 e. The summed E-state index contributed by atoms with van der Waals surface area (Å²) in [4.78, 5) is 14.6. The van der Waals surface area contributed by atoms with Crippen LogP contribution in [0.4, 0.5) is 0 Å². The first kappa shape index (κ1) is 23.4. The standard InChI is InChI=1S/C24H30N2O6S/c1-3-26(4-2)13-19-11-17(18-6-8-22-23(12-18)32-16-31-22)5-7-21(19)30-14-24(27)25-20-9-10-33(28,29)15-20/h5-8,11-12,20H,3-4,9-10,13-16H2,1-2H3,(H,25,27). The maximum atomic E-state index is 12.4. The molecule has 0 bridgehead atoms. The molecular weight excluding hydrogens is 444 g/mol. The number of sulfone groups is 1. The number of fused-ring (bicyclic) bond motifs is 1. The topological polar surface area (TPSA) is 94.2 Å². The van der Waals surface area contributed by atoms with E-state index < -0.39 is 9.84 Å². The van der Waals surface area contributed by atoms with Gasteiger partial charge < -0.3 is 19.5 Å². The summed E-state index contributed by atoms with van der Waals surface area (Å²) in [6.45, 7) is 6.74. The third-order valence-corrected chi connectivity index (χ3v) is 7.78. The number of nitrogens with one attached hydrogen (secondary N) is 1. The number of carbonyl (C=O) groups excluding carboxylic acids is 1. The Morgan fingerprint density at radius 3 is 2.55 bits per heavy atom. The maximum absolute atomic E-state index is 12.4. The van der Waals surface area contributed by atoms with Gasteiger partial charge in [-0.2, -0.15) is 0 Å². The van der Waals surface area contributed by atoms with Crippen LogP contribution in [0.2, 0.25) is 0 Å². The van der Waals surface area contributed by atoms with Crippen LogP contribution >= 0.6 is 0 Å². The molecule has 4 rings (SSSR count). The summed E-state index contributed by atoms with van der Waals surface area (Å²) in [5.74, 6) is 1.91. The predicted molar refractivity (Wildman–Crippen MR) is 125 cm³/mol. The number of benzene rings is 2. The van der Waals surface area contributed by atoms with E-state index in [1.54, 1.807) is 0 Å². The van der Waals surface area contributed by atoms with Gasteiger partial charge in [0.05, 0.1) is 11.5 Å². The molecule has 1 saturated heterocycles. The van der Waals surface area contributed by atoms with E-state index in [1.807, 2.05) is 30.3 Å². The van der Waals surface area contributed by atoms with Crippen molar-refractivity contribution in [1.82, 2.24) is 10.2 Å². The Bertz CT molecular complexity index is 1110. The Morgan fingerprint density at radius 1 is 1.09 bits per heavy atom. The van der Waals surface area contributed by atoms with Crippen LogP contribution in [0.15, 0.2) is 36.4 Å². The first-order valence-electron chi connectivity index (χ1n) is 11.2. The number of ether oxygens (including phenoxy) is 3. The molecular formula is C24H30N2O6S. The van der Waals surface area contributed by atoms with Crippen LogP contribution < -0.4 is 19.5 Å². The van der Waals surface area contributed by atoms with Crippen LogP contribution in [0.5, 0.6) is 17.2 Å². The highest BCUT2D eigenvalue weighted by atomic mass is 32.2. The first-order valence-corrected chi connectivity index (χ1v) is 13.1. The Balaban J connectivity index is 1.49. The number of rotatable bonds is 9. The van der Waals surface area contributed by atoms with Crippen molar-refractivity contribution < 1.29 is 27.4 Å². The van der Waals surface area contributed by atoms with Crippen molar-refractivity contribution in [3.63, 3.8) is 0 Å². The lowest BCUT2D eigenvalue weighted by molar-refractivity contribution is -0.123. The summed E-state index contributed by atoms with van der Waals surface area (Å²) in [5, 5.41) is 2.77. The van der Waals surface area contributed by atoms with Crippen molar-refractivity contribution in [1.29, 1.82) is 0 Å². The van der Waals surface area contributed by atoms with Crippen LogP contribution in [0.1, 0.15) is 25.8 Å². The van der Waals surface area contributed by atoms with Crippen LogP contribution in [0.3, 0.4) is 0 Å². The van der Waals surface area contributed by atoms with Crippen LogP contribution in [-0.4, -0.2) is 63.3 Å². The Kier molecular flexibility index (Phi) is 7.09. The minimum absolute atomic E-state index is 0.00379. The van der Waals surface area contributed by atoms with Gasteiger partial charge in [0.25, 0.3) is 5.91 Å². The molecule has 2 aliphatic heterocycles. The summed E-state index contributed by atoms with van der Waals surface area (Å²) >= 11 is 0. The molecule has 0 radical (unpaired) electrons. The second kappa shape index (κ2) is 10.0. The molecule has 0 saturated carbocycles. The van der Waals surface area contributed by atoms with E-state index in [1.165, 1.54) is 0 Å². The van der Waals surface area contributed by atoms with Crippen LogP contribution in [0.25, 0.3) is 11.1 Å². The number of hydrogen-bond donors (Lipinski definition) is 1. The Hall–Kier alpha value is -2.78. The van der Waals surface area contributed by atoms with Gasteiger partial charge in [0.1, 0.15) is 5.75 Å². The van der Waals surface area contributed by atoms with Crippen molar-refractivity contribution in [2.75, 3.05) is 38.0 Å². The zero-order valence-electron chi connectivity index (χ0n) is 19.0. The van der Waals surface area contributed by atoms with E-state index in [4.69, 9.17) is 14.2 Å². The van der Waals surface area contributed by atoms with Crippen LogP contribution in [0, 0.1) is 0 Å². The van der Waals surface area contributed by atoms with Gasteiger partial charge >= 0.3 is 0 Å². The summed E-state index contributed by atoms with van der Waals surface area (Å²) in [7, 11) is -3.05. The smallest absolute Gasteiger partial charge is 0.258 e. The van der Waals surface area contributed by atoms with E-state index in [9.17, 15) is 13.2 Å². The SMILES string of the molecule is CCN(CC)Cc1cc(-c2ccc3c(c2)OCO3)ccc1OCC(=O)NC1CCS(=O)(=O)C1. The number of hydrogen-bond acceptors (Lipinski definition) is 7. The van der Waals surface area contributed by atoms with Crippen molar-refractivity contribution >= 4 is 15.7 Å². The minimum atomic E-state index is -3.05. The van der Waals surface area contributed by atoms with Crippen molar-refractivity contribution in [3.05, 3.63) is 42.0 Å². The molecule has 2 aromatic rings. The molecule has 1 atom stereocenters. The molecule has 2 aromatic carbocycles. The molecule has 33 heavy (non-hydrogen) atoms. The molecule has 0 aliphatic carbocycles. The zero-order chi connectivity index (χ0) is 23.4. The summed E-state index contributed by atoms with van der Waals surface area (Å²) in [6, 6.07) is 11.4. The van der Waals surface area contributed by atoms with Crippen molar-refractivity contribution in [2.45, 2.75) is 32.9 Å². The molecule has 1 unspecified atom stereocenters. The molecule has 0 aromatic heterocycles. The van der Waals surface area contributed by atoms with Gasteiger partial charge in [0.2, 0.25) is 6.79 Å². The Morgan fingerprint density at radius 2 is 1.82 bits per heavy atom. The lowest BCUT2D eigenvalue weighted by Gasteiger charge is -2.21. The highest BCUT2D eigenvalue weighted by molar-refractivity contribution is 7.91. The quantitative estimate of drug-likeness (QED) is 0.597. The number of carbonyl (C=O) groups is 1. The predicted octanol–water partition coefficient (Wildman–Crippen LogP) is 2.61. The third kappa shape index (κ3) is 5.78. The second-order valence-corrected chi connectivity index (χ2v) is 10.5. The summed E-state index contributed by atoms with van der Waals surface area (Å²) in [5.41, 5.74) is 3.00. The molecule has 9 heteroatoms. The first-order chi connectivity index (χ1) is 15.9. The van der Waals surface area contributed by atoms with Gasteiger partial charge in [0.15, 0.2) is 27.9 Å². The Labute approximate surface area is 194 Å². The van der Waals surface area contributed by atoms with Gasteiger partial charge in [-0.3, -0.25) is 9.69 Å². The fourth-order valence-electron chi connectivity index (χ4n) is 4.11. The zero-order valence-corrected chi connectivity index (χ0v) is 19.8. The fourth-order valence-corrected chi connectivity index (χ4v) is 5.78. The van der Waals surface area contributed by atoms with Gasteiger partial charge in [0, 0.05) is 18.2 Å². The molecule has 8 nitrogen and oxygen atoms in total. The molecule has 2 aliphatic rings. The lowest BCUT2D eigenvalue weighted by Crippen LogP contribution is -2.38. The average Bonchev–Trinajstić information content (AvgIpc) is 3.41. The molecule has 1 fully saturated rings. The molecule has 178 valence electrons. The van der Waals surface area contributed by atoms with E-state index in [0.29, 0.717) is 18.7 Å². The van der Waals surface area contributed by atoms with Gasteiger partial charge in [-0.05, 0) is 54.9 Å². The van der Waals surface area contributed by atoms with E-state index in [2.05, 4.69) is 30.1 Å². The number of amides is 1. The van der Waals surface area contributed by atoms with Gasteiger partial charge in [-0.25, -0.2) is 8.42 Å². The second-order valence-electron chi connectivity index (χ2n) is 8.31. The summed E-state index contributed by atoms with van der Waals surface area (Å²) in [6.07, 6.45) is 0.450. The summed E-state index contributed by atoms with van der Waals surface area (Å²) < 4.78 is 40.0. The van der Waals surface area contributed by atoms with E-state index in [0.717, 1.165) is 41.3 Å². The molecule has 1 amide bonds. The maximum Gasteiger partial charge on any atom is 0.258 e. The third-order valence-electron chi connectivity index (χ3n) is 6.01. The minimum Gasteiger partial charge on any atom is -0.483 e. The highest BCUT2D eigenvalue weighted by Gasteiger charge is 2.29.